The van der Waals surface area contributed by atoms with Crippen molar-refractivity contribution in [1.82, 2.24) is 5.48 Å². The molecule has 0 radical (unpaired) electrons. The van der Waals surface area contributed by atoms with Crippen molar-refractivity contribution in [2.75, 3.05) is 6.61 Å². The van der Waals surface area contributed by atoms with Gasteiger partial charge >= 0.3 is 12.1 Å². The van der Waals surface area contributed by atoms with E-state index in [1.54, 1.807) is 5.48 Å². The number of hydroxylamine groups is 1. The van der Waals surface area contributed by atoms with Crippen molar-refractivity contribution in [1.29, 1.82) is 0 Å². The van der Waals surface area contributed by atoms with Crippen molar-refractivity contribution in [2.45, 2.75) is 31.9 Å². The maximum absolute atomic E-state index is 11.6. The number of carboxylic acids is 1. The minimum absolute atomic E-state index is 0.0643. The molecule has 0 aliphatic rings. The minimum Gasteiger partial charge on any atom is -0.481 e. The molecule has 0 aromatic carbocycles. The average Bonchev–Trinajstić information content (AvgIpc) is 2.10. The number of hydrogen-bond donors (Lipinski definition) is 2. The molecule has 0 heterocycles. The SMILES string of the molecule is O=C(O)CCCCC(=O)NOCC(F)(F)F. The third-order valence-corrected chi connectivity index (χ3v) is 1.47. The number of aliphatic carboxylic acids is 1. The molecule has 0 atom stereocenters. The van der Waals surface area contributed by atoms with Crippen molar-refractivity contribution >= 4 is 11.9 Å². The fourth-order valence-electron chi connectivity index (χ4n) is 0.811. The first-order chi connectivity index (χ1) is 7.31. The van der Waals surface area contributed by atoms with Gasteiger partial charge in [-0.25, -0.2) is 5.48 Å². The Morgan fingerprint density at radius 1 is 1.19 bits per heavy atom. The second-order valence-corrected chi connectivity index (χ2v) is 3.03. The van der Waals surface area contributed by atoms with Crippen LogP contribution in [0.1, 0.15) is 25.7 Å². The molecule has 5 nitrogen and oxygen atoms in total. The molecular weight excluding hydrogens is 231 g/mol. The molecule has 0 fully saturated rings. The third-order valence-electron chi connectivity index (χ3n) is 1.47. The number of halogens is 3. The molecule has 16 heavy (non-hydrogen) atoms. The van der Waals surface area contributed by atoms with Gasteiger partial charge in [0, 0.05) is 12.8 Å². The summed E-state index contributed by atoms with van der Waals surface area (Å²) in [7, 11) is 0. The summed E-state index contributed by atoms with van der Waals surface area (Å²) in [6.45, 7) is -1.55. The van der Waals surface area contributed by atoms with E-state index in [0.717, 1.165) is 0 Å². The first kappa shape index (κ1) is 14.7. The van der Waals surface area contributed by atoms with Gasteiger partial charge in [0.2, 0.25) is 5.91 Å². The van der Waals surface area contributed by atoms with E-state index in [4.69, 9.17) is 5.11 Å². The Balaban J connectivity index is 3.42. The van der Waals surface area contributed by atoms with Crippen LogP contribution in [0.25, 0.3) is 0 Å². The maximum Gasteiger partial charge on any atom is 0.414 e. The van der Waals surface area contributed by atoms with Crippen LogP contribution in [0.3, 0.4) is 0 Å². The molecule has 2 N–H and O–H groups in total. The number of hydrogen-bond acceptors (Lipinski definition) is 3. The van der Waals surface area contributed by atoms with E-state index in [2.05, 4.69) is 4.84 Å². The van der Waals surface area contributed by atoms with E-state index in [0.29, 0.717) is 6.42 Å². The fourth-order valence-corrected chi connectivity index (χ4v) is 0.811. The van der Waals surface area contributed by atoms with E-state index >= 15 is 0 Å². The van der Waals surface area contributed by atoms with Gasteiger partial charge in [0.1, 0.15) is 0 Å². The smallest absolute Gasteiger partial charge is 0.414 e. The lowest BCUT2D eigenvalue weighted by molar-refractivity contribution is -0.191. The maximum atomic E-state index is 11.6. The summed E-state index contributed by atoms with van der Waals surface area (Å²) in [5.74, 6) is -1.68. The molecule has 0 rings (SSSR count). The Hall–Kier alpha value is -1.31. The molecule has 1 amide bonds. The van der Waals surface area contributed by atoms with Crippen LogP contribution in [0.5, 0.6) is 0 Å². The topological polar surface area (TPSA) is 75.6 Å². The molecule has 0 aliphatic heterocycles. The first-order valence-corrected chi connectivity index (χ1v) is 4.50. The number of rotatable bonds is 7. The molecule has 0 aromatic rings. The van der Waals surface area contributed by atoms with Gasteiger partial charge in [0.25, 0.3) is 0 Å². The van der Waals surface area contributed by atoms with Gasteiger partial charge in [0.05, 0.1) is 0 Å². The van der Waals surface area contributed by atoms with Gasteiger partial charge in [-0.1, -0.05) is 0 Å². The van der Waals surface area contributed by atoms with Gasteiger partial charge in [-0.2, -0.15) is 13.2 Å². The predicted octanol–water partition coefficient (Wildman–Crippen LogP) is 1.24. The number of amides is 1. The van der Waals surface area contributed by atoms with Crippen LogP contribution < -0.4 is 5.48 Å². The zero-order valence-electron chi connectivity index (χ0n) is 8.34. The van der Waals surface area contributed by atoms with Crippen LogP contribution in [0.15, 0.2) is 0 Å². The highest BCUT2D eigenvalue weighted by atomic mass is 19.4. The van der Waals surface area contributed by atoms with Crippen LogP contribution in [-0.4, -0.2) is 29.8 Å². The van der Waals surface area contributed by atoms with Gasteiger partial charge < -0.3 is 5.11 Å². The van der Waals surface area contributed by atoms with E-state index in [1.807, 2.05) is 0 Å². The van der Waals surface area contributed by atoms with Crippen LogP contribution in [0.2, 0.25) is 0 Å². The molecule has 0 bridgehead atoms. The summed E-state index contributed by atoms with van der Waals surface area (Å²) >= 11 is 0. The number of nitrogens with one attached hydrogen (secondary N) is 1. The van der Waals surface area contributed by atoms with Crippen LogP contribution >= 0.6 is 0 Å². The lowest BCUT2D eigenvalue weighted by Gasteiger charge is -2.07. The Labute approximate surface area is 89.5 Å². The standard InChI is InChI=1S/C8H12F3NO4/c9-8(10,11)5-16-12-6(13)3-1-2-4-7(14)15/h1-5H2,(H,12,13)(H,14,15). The number of carbonyl (C=O) groups excluding carboxylic acids is 1. The van der Waals surface area contributed by atoms with Gasteiger partial charge in [0.15, 0.2) is 6.61 Å². The van der Waals surface area contributed by atoms with E-state index in [1.165, 1.54) is 0 Å². The van der Waals surface area contributed by atoms with Crippen molar-refractivity contribution in [2.24, 2.45) is 0 Å². The average molecular weight is 243 g/mol. The van der Waals surface area contributed by atoms with Gasteiger partial charge in [-0.15, -0.1) is 0 Å². The summed E-state index contributed by atoms with van der Waals surface area (Å²) < 4.78 is 34.7. The second kappa shape index (κ2) is 7.04. The molecule has 94 valence electrons. The molecular formula is C8H12F3NO4. The Morgan fingerprint density at radius 2 is 1.75 bits per heavy atom. The Morgan fingerprint density at radius 3 is 2.25 bits per heavy atom. The molecule has 0 aliphatic carbocycles. The highest BCUT2D eigenvalue weighted by Crippen LogP contribution is 2.13. The molecule has 0 saturated carbocycles. The predicted molar refractivity (Wildman–Crippen MR) is 46.3 cm³/mol. The lowest BCUT2D eigenvalue weighted by Crippen LogP contribution is -2.29. The summed E-state index contributed by atoms with van der Waals surface area (Å²) in [6.07, 6.45) is -4.05. The largest absolute Gasteiger partial charge is 0.481 e. The normalized spacial score (nSPS) is 11.2. The highest BCUT2D eigenvalue weighted by molar-refractivity contribution is 5.74. The van der Waals surface area contributed by atoms with Crippen molar-refractivity contribution in [3.8, 4) is 0 Å². The number of alkyl halides is 3. The Bertz CT molecular complexity index is 242. The molecule has 0 spiro atoms. The number of carboxylic acid groups (broad SMARTS) is 1. The molecule has 8 heteroatoms. The minimum atomic E-state index is -4.49. The number of unbranched alkanes of at least 4 members (excludes halogenated alkanes) is 1. The Kier molecular flexibility index (Phi) is 6.47. The monoisotopic (exact) mass is 243 g/mol. The van der Waals surface area contributed by atoms with Crippen LogP contribution in [0.4, 0.5) is 13.2 Å². The number of carbonyl (C=O) groups is 2. The zero-order chi connectivity index (χ0) is 12.6. The molecule has 0 aromatic heterocycles. The zero-order valence-corrected chi connectivity index (χ0v) is 8.34. The first-order valence-electron chi connectivity index (χ1n) is 4.50. The van der Waals surface area contributed by atoms with Gasteiger partial charge in [-0.05, 0) is 12.8 Å². The summed E-state index contributed by atoms with van der Waals surface area (Å²) in [6, 6.07) is 0. The van der Waals surface area contributed by atoms with E-state index in [9.17, 15) is 22.8 Å². The third kappa shape index (κ3) is 10.8. The van der Waals surface area contributed by atoms with Gasteiger partial charge in [-0.3, -0.25) is 14.4 Å². The van der Waals surface area contributed by atoms with Crippen molar-refractivity contribution in [3.63, 3.8) is 0 Å². The summed E-state index contributed by atoms with van der Waals surface area (Å²) in [5, 5.41) is 8.26. The lowest BCUT2D eigenvalue weighted by atomic mass is 10.2. The second-order valence-electron chi connectivity index (χ2n) is 3.03. The fraction of sp³-hybridized carbons (Fsp3) is 0.750. The highest BCUT2D eigenvalue weighted by Gasteiger charge is 2.28. The molecule has 0 unspecified atom stereocenters. The van der Waals surface area contributed by atoms with Crippen LogP contribution in [0, 0.1) is 0 Å². The van der Waals surface area contributed by atoms with Crippen LogP contribution in [-0.2, 0) is 14.4 Å². The van der Waals surface area contributed by atoms with E-state index < -0.39 is 24.7 Å². The van der Waals surface area contributed by atoms with E-state index in [-0.39, 0.29) is 19.3 Å². The molecule has 0 saturated heterocycles. The summed E-state index contributed by atoms with van der Waals surface area (Å²) in [4.78, 5) is 24.8. The van der Waals surface area contributed by atoms with Crippen molar-refractivity contribution in [3.05, 3.63) is 0 Å². The quantitative estimate of drug-likeness (QED) is 0.521. The summed E-state index contributed by atoms with van der Waals surface area (Å²) in [5.41, 5.74) is 1.62. The van der Waals surface area contributed by atoms with Crippen molar-refractivity contribution < 1.29 is 32.7 Å².